The van der Waals surface area contributed by atoms with E-state index >= 15 is 0 Å². The third kappa shape index (κ3) is 7.38. The van der Waals surface area contributed by atoms with E-state index in [9.17, 15) is 4.79 Å². The molecule has 1 amide bonds. The van der Waals surface area contributed by atoms with Crippen LogP contribution in [0.15, 0.2) is 18.2 Å². The van der Waals surface area contributed by atoms with E-state index in [2.05, 4.69) is 31.0 Å². The first-order valence-electron chi connectivity index (χ1n) is 8.82. The second-order valence-electron chi connectivity index (χ2n) is 7.55. The highest BCUT2D eigenvalue weighted by atomic mass is 35.5. The summed E-state index contributed by atoms with van der Waals surface area (Å²) in [6.07, 6.45) is 1.83. The van der Waals surface area contributed by atoms with Gasteiger partial charge in [0.25, 0.3) is 0 Å². The van der Waals surface area contributed by atoms with Gasteiger partial charge in [0, 0.05) is 29.5 Å². The van der Waals surface area contributed by atoms with Crippen LogP contribution in [0, 0.1) is 5.92 Å². The molecule has 1 fully saturated rings. The van der Waals surface area contributed by atoms with Gasteiger partial charge in [0.2, 0.25) is 5.91 Å². The molecule has 6 heteroatoms. The molecule has 1 aliphatic heterocycles. The van der Waals surface area contributed by atoms with Crippen LogP contribution in [0.25, 0.3) is 0 Å². The molecule has 1 aromatic rings. The van der Waals surface area contributed by atoms with Gasteiger partial charge in [0.15, 0.2) is 0 Å². The first-order valence-corrected chi connectivity index (χ1v) is 10.6. The molecule has 3 nitrogen and oxygen atoms in total. The summed E-state index contributed by atoms with van der Waals surface area (Å²) in [7, 11) is 0. The van der Waals surface area contributed by atoms with Crippen molar-refractivity contribution in [1.29, 1.82) is 0 Å². The van der Waals surface area contributed by atoms with Gasteiger partial charge < -0.3 is 5.32 Å². The number of hydrogen-bond acceptors (Lipinski definition) is 3. The fourth-order valence-corrected chi connectivity index (χ4v) is 4.06. The topological polar surface area (TPSA) is 32.3 Å². The van der Waals surface area contributed by atoms with Crippen LogP contribution in [0.3, 0.4) is 0 Å². The SMILES string of the molecule is CC(C)(C)SCCNC(=O)C1CCN(Cc2ccc(Cl)c(Cl)c2)CC1. The first-order chi connectivity index (χ1) is 11.7. The lowest BCUT2D eigenvalue weighted by atomic mass is 9.95. The normalized spacial score (nSPS) is 16.8. The van der Waals surface area contributed by atoms with E-state index in [0.717, 1.165) is 50.3 Å². The number of nitrogens with one attached hydrogen (secondary N) is 1. The van der Waals surface area contributed by atoms with Crippen molar-refractivity contribution in [3.63, 3.8) is 0 Å². The molecule has 140 valence electrons. The molecule has 1 aliphatic rings. The maximum absolute atomic E-state index is 12.3. The Bertz CT molecular complexity index is 581. The summed E-state index contributed by atoms with van der Waals surface area (Å²) in [4.78, 5) is 14.7. The maximum Gasteiger partial charge on any atom is 0.223 e. The molecule has 0 atom stereocenters. The molecule has 1 aromatic carbocycles. The van der Waals surface area contributed by atoms with Gasteiger partial charge >= 0.3 is 0 Å². The second kappa shape index (κ2) is 9.50. The lowest BCUT2D eigenvalue weighted by molar-refractivity contribution is -0.126. The van der Waals surface area contributed by atoms with Crippen molar-refractivity contribution in [3.8, 4) is 0 Å². The molecule has 2 rings (SSSR count). The second-order valence-corrected chi connectivity index (χ2v) is 10.3. The van der Waals surface area contributed by atoms with Gasteiger partial charge in [-0.2, -0.15) is 11.8 Å². The van der Waals surface area contributed by atoms with Crippen LogP contribution in [0.5, 0.6) is 0 Å². The maximum atomic E-state index is 12.3. The van der Waals surface area contributed by atoms with Crippen molar-refractivity contribution in [1.82, 2.24) is 10.2 Å². The molecular formula is C19H28Cl2N2OS. The van der Waals surface area contributed by atoms with Crippen LogP contribution in [0.4, 0.5) is 0 Å². The highest BCUT2D eigenvalue weighted by Gasteiger charge is 2.24. The summed E-state index contributed by atoms with van der Waals surface area (Å²) in [5, 5.41) is 4.28. The summed E-state index contributed by atoms with van der Waals surface area (Å²) in [6, 6.07) is 5.78. The van der Waals surface area contributed by atoms with Crippen molar-refractivity contribution < 1.29 is 4.79 Å². The Labute approximate surface area is 165 Å². The molecule has 0 radical (unpaired) electrons. The smallest absolute Gasteiger partial charge is 0.223 e. The monoisotopic (exact) mass is 402 g/mol. The number of rotatable bonds is 6. The molecule has 0 saturated carbocycles. The lowest BCUT2D eigenvalue weighted by Gasteiger charge is -2.31. The Morgan fingerprint density at radius 1 is 1.24 bits per heavy atom. The van der Waals surface area contributed by atoms with Gasteiger partial charge in [-0.25, -0.2) is 0 Å². The number of hydrogen-bond donors (Lipinski definition) is 1. The number of thioether (sulfide) groups is 1. The summed E-state index contributed by atoms with van der Waals surface area (Å²) in [5.74, 6) is 1.32. The predicted molar refractivity (Wildman–Crippen MR) is 110 cm³/mol. The van der Waals surface area contributed by atoms with Crippen LogP contribution in [0.1, 0.15) is 39.2 Å². The molecular weight excluding hydrogens is 375 g/mol. The zero-order valence-electron chi connectivity index (χ0n) is 15.3. The van der Waals surface area contributed by atoms with E-state index in [1.165, 1.54) is 0 Å². The number of carbonyl (C=O) groups is 1. The van der Waals surface area contributed by atoms with Crippen molar-refractivity contribution in [2.75, 3.05) is 25.4 Å². The van der Waals surface area contributed by atoms with Crippen molar-refractivity contribution in [2.45, 2.75) is 44.9 Å². The minimum Gasteiger partial charge on any atom is -0.355 e. The van der Waals surface area contributed by atoms with Gasteiger partial charge in [-0.05, 0) is 43.6 Å². The fraction of sp³-hybridized carbons (Fsp3) is 0.632. The third-order valence-electron chi connectivity index (χ3n) is 4.28. The van der Waals surface area contributed by atoms with Crippen LogP contribution >= 0.6 is 35.0 Å². The number of amides is 1. The quantitative estimate of drug-likeness (QED) is 0.689. The van der Waals surface area contributed by atoms with Gasteiger partial charge in [0.05, 0.1) is 10.0 Å². The number of nitrogens with zero attached hydrogens (tertiary/aromatic N) is 1. The van der Waals surface area contributed by atoms with Crippen molar-refractivity contribution >= 4 is 40.9 Å². The molecule has 0 unspecified atom stereocenters. The number of likely N-dealkylation sites (tertiary alicyclic amines) is 1. The molecule has 1 heterocycles. The predicted octanol–water partition coefficient (Wildman–Crippen LogP) is 4.85. The van der Waals surface area contributed by atoms with Gasteiger partial charge in [-0.1, -0.05) is 50.0 Å². The number of carbonyl (C=O) groups excluding carboxylic acids is 1. The standard InChI is InChI=1S/C19H28Cl2N2OS/c1-19(2,3)25-11-8-22-18(24)15-6-9-23(10-7-15)13-14-4-5-16(20)17(21)12-14/h4-5,12,15H,6-11,13H2,1-3H3,(H,22,24). The molecule has 0 aromatic heterocycles. The summed E-state index contributed by atoms with van der Waals surface area (Å²) < 4.78 is 0.251. The zero-order chi connectivity index (χ0) is 18.4. The summed E-state index contributed by atoms with van der Waals surface area (Å²) >= 11 is 13.9. The van der Waals surface area contributed by atoms with E-state index in [-0.39, 0.29) is 16.6 Å². The Morgan fingerprint density at radius 3 is 2.52 bits per heavy atom. The van der Waals surface area contributed by atoms with E-state index in [0.29, 0.717) is 10.0 Å². The van der Waals surface area contributed by atoms with Crippen LogP contribution < -0.4 is 5.32 Å². The number of piperidine rings is 1. The number of benzene rings is 1. The Balaban J connectivity index is 1.70. The summed E-state index contributed by atoms with van der Waals surface area (Å²) in [5.41, 5.74) is 1.16. The molecule has 0 spiro atoms. The summed E-state index contributed by atoms with van der Waals surface area (Å²) in [6.45, 7) is 10.1. The molecule has 0 bridgehead atoms. The zero-order valence-corrected chi connectivity index (χ0v) is 17.6. The van der Waals surface area contributed by atoms with Gasteiger partial charge in [-0.3, -0.25) is 9.69 Å². The minimum absolute atomic E-state index is 0.143. The lowest BCUT2D eigenvalue weighted by Crippen LogP contribution is -2.40. The van der Waals surface area contributed by atoms with Crippen molar-refractivity contribution in [2.24, 2.45) is 5.92 Å². The van der Waals surface area contributed by atoms with Gasteiger partial charge in [-0.15, -0.1) is 0 Å². The van der Waals surface area contributed by atoms with E-state index < -0.39 is 0 Å². The van der Waals surface area contributed by atoms with E-state index in [1.807, 2.05) is 30.0 Å². The van der Waals surface area contributed by atoms with E-state index in [1.54, 1.807) is 0 Å². The average molecular weight is 403 g/mol. The third-order valence-corrected chi connectivity index (χ3v) is 6.30. The molecule has 1 saturated heterocycles. The highest BCUT2D eigenvalue weighted by Crippen LogP contribution is 2.25. The van der Waals surface area contributed by atoms with E-state index in [4.69, 9.17) is 23.2 Å². The average Bonchev–Trinajstić information content (AvgIpc) is 2.55. The fourth-order valence-electron chi connectivity index (χ4n) is 2.93. The Kier molecular flexibility index (Phi) is 7.93. The largest absolute Gasteiger partial charge is 0.355 e. The highest BCUT2D eigenvalue weighted by molar-refractivity contribution is 8.00. The Morgan fingerprint density at radius 2 is 1.92 bits per heavy atom. The van der Waals surface area contributed by atoms with Crippen LogP contribution in [-0.4, -0.2) is 40.9 Å². The van der Waals surface area contributed by atoms with Gasteiger partial charge in [0.1, 0.15) is 0 Å². The Hall–Kier alpha value is -0.420. The molecule has 0 aliphatic carbocycles. The molecule has 25 heavy (non-hydrogen) atoms. The first kappa shape index (κ1) is 20.9. The van der Waals surface area contributed by atoms with Crippen LogP contribution in [-0.2, 0) is 11.3 Å². The molecule has 1 N–H and O–H groups in total. The minimum atomic E-state index is 0.143. The van der Waals surface area contributed by atoms with Crippen LogP contribution in [0.2, 0.25) is 10.0 Å². The number of halogens is 2. The van der Waals surface area contributed by atoms with Crippen molar-refractivity contribution in [3.05, 3.63) is 33.8 Å².